The van der Waals surface area contributed by atoms with E-state index in [1.807, 2.05) is 13.8 Å². The zero-order chi connectivity index (χ0) is 38.0. The second-order valence-corrected chi connectivity index (χ2v) is 16.9. The van der Waals surface area contributed by atoms with Gasteiger partial charge >= 0.3 is 5.97 Å². The lowest BCUT2D eigenvalue weighted by Crippen LogP contribution is -2.59. The van der Waals surface area contributed by atoms with E-state index >= 15 is 0 Å². The van der Waals surface area contributed by atoms with Gasteiger partial charge in [0.2, 0.25) is 0 Å². The number of fused-ring (bicyclic) bond motifs is 5. The van der Waals surface area contributed by atoms with Gasteiger partial charge in [0.1, 0.15) is 24.4 Å². The number of ether oxygens (including phenoxy) is 8. The van der Waals surface area contributed by atoms with E-state index < -0.39 is 12.4 Å². The average molecular weight is 746 g/mol. The van der Waals surface area contributed by atoms with E-state index in [1.54, 1.807) is 21.3 Å². The first-order chi connectivity index (χ1) is 25.5. The number of rotatable bonds is 10. The Kier molecular flexibility index (Phi) is 13.9. The zero-order valence-electron chi connectivity index (χ0n) is 33.6. The van der Waals surface area contributed by atoms with Crippen molar-refractivity contribution in [2.24, 2.45) is 35.5 Å². The van der Waals surface area contributed by atoms with Crippen molar-refractivity contribution in [3.8, 4) is 0 Å². The largest absolute Gasteiger partial charge is 0.462 e. The summed E-state index contributed by atoms with van der Waals surface area (Å²) in [7, 11) is 9.16. The van der Waals surface area contributed by atoms with Gasteiger partial charge in [-0.1, -0.05) is 38.5 Å². The fourth-order valence-electron chi connectivity index (χ4n) is 10.6. The van der Waals surface area contributed by atoms with E-state index in [9.17, 15) is 9.59 Å². The van der Waals surface area contributed by atoms with Crippen LogP contribution in [0.4, 0.5) is 0 Å². The maximum absolute atomic E-state index is 14.7. The van der Waals surface area contributed by atoms with Crippen LogP contribution >= 0.6 is 0 Å². The molecule has 0 spiro atoms. The third-order valence-corrected chi connectivity index (χ3v) is 13.4. The topological polar surface area (TPSA) is 111 Å². The number of allylic oxidation sites excluding steroid dienone is 4. The van der Waals surface area contributed by atoms with Crippen LogP contribution in [0.2, 0.25) is 0 Å². The second-order valence-electron chi connectivity index (χ2n) is 16.9. The van der Waals surface area contributed by atoms with Gasteiger partial charge in [0, 0.05) is 39.2 Å². The van der Waals surface area contributed by atoms with Gasteiger partial charge < -0.3 is 42.8 Å². The molecule has 1 saturated carbocycles. The molecule has 0 amide bonds. The summed E-state index contributed by atoms with van der Waals surface area (Å²) in [6.45, 7) is 8.24. The van der Waals surface area contributed by atoms with Crippen molar-refractivity contribution >= 4 is 11.8 Å². The summed E-state index contributed by atoms with van der Waals surface area (Å²) in [4.78, 5) is 30.5. The van der Waals surface area contributed by atoms with Crippen LogP contribution in [0.3, 0.4) is 0 Å². The molecule has 11 heteroatoms. The quantitative estimate of drug-likeness (QED) is 0.198. The maximum atomic E-state index is 14.7. The predicted octanol–water partition coefficient (Wildman–Crippen LogP) is 5.88. The molecule has 11 nitrogen and oxygen atoms in total. The van der Waals surface area contributed by atoms with Crippen LogP contribution in [0.1, 0.15) is 91.9 Å². The van der Waals surface area contributed by atoms with Gasteiger partial charge in [0.15, 0.2) is 18.4 Å². The third kappa shape index (κ3) is 8.83. The van der Waals surface area contributed by atoms with Crippen LogP contribution in [0.15, 0.2) is 23.8 Å². The smallest absolute Gasteiger partial charge is 0.306 e. The van der Waals surface area contributed by atoms with Crippen LogP contribution in [-0.4, -0.2) is 120 Å². The Hall–Kier alpha value is -1.70. The first kappa shape index (κ1) is 40.9. The number of likely N-dealkylation sites (N-methyl/N-ethyl adjacent to an activating group) is 1. The van der Waals surface area contributed by atoms with Crippen LogP contribution in [0, 0.1) is 35.5 Å². The molecule has 0 aromatic heterocycles. The number of esters is 1. The van der Waals surface area contributed by atoms with Crippen molar-refractivity contribution in [3.05, 3.63) is 23.8 Å². The molecule has 4 fully saturated rings. The van der Waals surface area contributed by atoms with Crippen molar-refractivity contribution in [2.45, 2.75) is 159 Å². The molecule has 0 unspecified atom stereocenters. The number of carbonyl (C=O) groups is 2. The predicted molar refractivity (Wildman–Crippen MR) is 199 cm³/mol. The molecule has 0 radical (unpaired) electrons. The lowest BCUT2D eigenvalue weighted by atomic mass is 9.70. The van der Waals surface area contributed by atoms with E-state index in [0.717, 1.165) is 56.9 Å². The molecule has 3 aliphatic heterocycles. The van der Waals surface area contributed by atoms with Crippen LogP contribution in [0.5, 0.6) is 0 Å². The van der Waals surface area contributed by atoms with Gasteiger partial charge in [-0.3, -0.25) is 9.59 Å². The second kappa shape index (κ2) is 18.0. The molecule has 6 rings (SSSR count). The highest BCUT2D eigenvalue weighted by Crippen LogP contribution is 2.54. The SMILES string of the molecule is CCC[C@@H]1CCC[C@H](O[C@H]2CC[C@H](N(C)C)[C@@H](C)O2)[C@@H](C)C(=O)C2=C[C@@H]3[C@@H](C=C[C@@H]4C[C@@H](O[C@@H]5O[C@@H](C)[C@H](OC)[C@@H](OC)[C@H]5OC)C[C@@H]34)[C@@H]2CC(=O)O1. The fraction of sp³-hybridized carbons (Fsp3) is 0.857. The lowest BCUT2D eigenvalue weighted by Gasteiger charge is -2.44. The molecule has 53 heavy (non-hydrogen) atoms. The number of cyclic esters (lactones) is 1. The number of hydrogen-bond acceptors (Lipinski definition) is 11. The van der Waals surface area contributed by atoms with Gasteiger partial charge in [-0.05, 0) is 109 Å². The Bertz CT molecular complexity index is 1300. The van der Waals surface area contributed by atoms with E-state index in [4.69, 9.17) is 37.9 Å². The third-order valence-electron chi connectivity index (χ3n) is 13.4. The Morgan fingerprint density at radius 2 is 1.58 bits per heavy atom. The summed E-state index contributed by atoms with van der Waals surface area (Å²) in [6, 6.07) is 0.338. The Morgan fingerprint density at radius 3 is 2.26 bits per heavy atom. The minimum absolute atomic E-state index is 0.0375. The molecule has 0 aromatic carbocycles. The van der Waals surface area contributed by atoms with E-state index in [1.165, 1.54) is 0 Å². The Morgan fingerprint density at radius 1 is 0.830 bits per heavy atom. The van der Waals surface area contributed by atoms with Crippen molar-refractivity contribution in [1.82, 2.24) is 4.90 Å². The van der Waals surface area contributed by atoms with Gasteiger partial charge in [-0.15, -0.1) is 0 Å². The molecule has 3 saturated heterocycles. The highest BCUT2D eigenvalue weighted by Gasteiger charge is 2.52. The van der Waals surface area contributed by atoms with Crippen LogP contribution in [0.25, 0.3) is 0 Å². The normalized spacial score (nSPS) is 45.1. The van der Waals surface area contributed by atoms with E-state index in [-0.39, 0.29) is 96.8 Å². The highest BCUT2D eigenvalue weighted by atomic mass is 16.7. The molecule has 0 aromatic rings. The molecule has 0 bridgehead atoms. The maximum Gasteiger partial charge on any atom is 0.306 e. The first-order valence-corrected chi connectivity index (χ1v) is 20.5. The van der Waals surface area contributed by atoms with E-state index in [0.29, 0.717) is 18.4 Å². The molecule has 6 aliphatic rings. The van der Waals surface area contributed by atoms with Crippen molar-refractivity contribution in [2.75, 3.05) is 35.4 Å². The monoisotopic (exact) mass is 745 g/mol. The van der Waals surface area contributed by atoms with Crippen LogP contribution < -0.4 is 0 Å². The first-order valence-electron chi connectivity index (χ1n) is 20.5. The van der Waals surface area contributed by atoms with Crippen molar-refractivity contribution in [3.63, 3.8) is 0 Å². The van der Waals surface area contributed by atoms with Crippen LogP contribution in [-0.2, 0) is 47.5 Å². The number of methoxy groups -OCH3 is 3. The number of hydrogen-bond donors (Lipinski definition) is 0. The molecule has 3 heterocycles. The fourth-order valence-corrected chi connectivity index (χ4v) is 10.6. The summed E-state index contributed by atoms with van der Waals surface area (Å²) >= 11 is 0. The molecular formula is C42H67NO10. The summed E-state index contributed by atoms with van der Waals surface area (Å²) in [5.74, 6) is 0.0309. The van der Waals surface area contributed by atoms with Gasteiger partial charge in [0.25, 0.3) is 0 Å². The minimum Gasteiger partial charge on any atom is -0.462 e. The zero-order valence-corrected chi connectivity index (χ0v) is 33.6. The molecule has 17 atom stereocenters. The number of Topliss-reactive ketones (excluding diaryl/α,β-unsaturated/α-hetero) is 1. The lowest BCUT2D eigenvalue weighted by molar-refractivity contribution is -0.314. The number of carbonyl (C=O) groups excluding carboxylic acids is 2. The molecule has 0 N–H and O–H groups in total. The molecular weight excluding hydrogens is 678 g/mol. The Labute approximate surface area is 317 Å². The van der Waals surface area contributed by atoms with Crippen molar-refractivity contribution in [1.29, 1.82) is 0 Å². The Balaban J connectivity index is 1.21. The summed E-state index contributed by atoms with van der Waals surface area (Å²) in [5, 5.41) is 0. The van der Waals surface area contributed by atoms with E-state index in [2.05, 4.69) is 51.1 Å². The van der Waals surface area contributed by atoms with Gasteiger partial charge in [-0.25, -0.2) is 0 Å². The van der Waals surface area contributed by atoms with Gasteiger partial charge in [0.05, 0.1) is 30.8 Å². The average Bonchev–Trinajstić information content (AvgIpc) is 3.70. The van der Waals surface area contributed by atoms with Gasteiger partial charge in [-0.2, -0.15) is 0 Å². The minimum atomic E-state index is -0.594. The van der Waals surface area contributed by atoms with Crippen molar-refractivity contribution < 1.29 is 47.5 Å². The standard InChI is InChI=1S/C42H67NO10/c1-10-12-27-13-11-14-35(53-37-18-17-34(43(5)6)24(3)49-37)23(2)38(45)33-21-31-29(32(33)22-36(44)51-27)16-15-26-19-28(20-30(26)31)52-42-41(48-9)40(47-8)39(46-7)25(4)50-42/h15-16,21,23-32,34-35,37,39-42H,10-14,17-20,22H2,1-9H3/t23-,24-,25+,26-,27-,28-,29-,30-,31-,32+,34+,35+,37+,39+,40-,41-,42+/m1/s1. The summed E-state index contributed by atoms with van der Waals surface area (Å²) in [6.07, 6.45) is 11.9. The molecule has 3 aliphatic carbocycles. The number of ketones is 1. The summed E-state index contributed by atoms with van der Waals surface area (Å²) < 4.78 is 49.7. The summed E-state index contributed by atoms with van der Waals surface area (Å²) in [5.41, 5.74) is 0.767. The molecule has 300 valence electrons. The highest BCUT2D eigenvalue weighted by molar-refractivity contribution is 5.99. The number of nitrogens with zero attached hydrogens (tertiary/aromatic N) is 1.